The van der Waals surface area contributed by atoms with Crippen LogP contribution in [0, 0.1) is 6.92 Å². The van der Waals surface area contributed by atoms with Crippen molar-refractivity contribution in [3.8, 4) is 0 Å². The fourth-order valence-electron chi connectivity index (χ4n) is 3.03. The number of halogens is 1. The molecule has 5 nitrogen and oxygen atoms in total. The Hall–Kier alpha value is -2.79. The van der Waals surface area contributed by atoms with Crippen molar-refractivity contribution in [2.45, 2.75) is 33.3 Å². The minimum absolute atomic E-state index is 0.0515. The van der Waals surface area contributed by atoms with Crippen LogP contribution in [0.25, 0.3) is 11.0 Å². The highest BCUT2D eigenvalue weighted by Crippen LogP contribution is 2.27. The number of rotatable bonds is 4. The summed E-state index contributed by atoms with van der Waals surface area (Å²) >= 11 is 5.87. The number of nitrogen functional groups attached to an aromatic ring is 1. The maximum atomic E-state index is 12.3. The fourth-order valence-corrected chi connectivity index (χ4v) is 3.15. The number of carbonyl (C=O) groups is 1. The number of benzene rings is 2. The number of aryl methyl sites for hydroxylation is 1. The van der Waals surface area contributed by atoms with Gasteiger partial charge < -0.3 is 14.9 Å². The van der Waals surface area contributed by atoms with E-state index in [9.17, 15) is 9.59 Å². The lowest BCUT2D eigenvalue weighted by atomic mass is 9.95. The lowest BCUT2D eigenvalue weighted by molar-refractivity contribution is 0.0474. The Balaban J connectivity index is 1.94. The molecule has 1 aromatic heterocycles. The molecule has 2 aromatic carbocycles. The predicted octanol–water partition coefficient (Wildman–Crippen LogP) is 4.82. The van der Waals surface area contributed by atoms with Crippen LogP contribution in [0.2, 0.25) is 5.02 Å². The minimum Gasteiger partial charge on any atom is -0.457 e. The molecule has 0 amide bonds. The van der Waals surface area contributed by atoms with Crippen molar-refractivity contribution in [3.63, 3.8) is 0 Å². The molecule has 3 aromatic rings. The van der Waals surface area contributed by atoms with Crippen molar-refractivity contribution in [3.05, 3.63) is 74.1 Å². The third-order valence-corrected chi connectivity index (χ3v) is 4.77. The van der Waals surface area contributed by atoms with Crippen molar-refractivity contribution in [1.29, 1.82) is 0 Å². The Labute approximate surface area is 161 Å². The average Bonchev–Trinajstić information content (AvgIpc) is 2.60. The van der Waals surface area contributed by atoms with Gasteiger partial charge in [-0.1, -0.05) is 25.4 Å². The van der Waals surface area contributed by atoms with Crippen molar-refractivity contribution < 1.29 is 13.9 Å². The lowest BCUT2D eigenvalue weighted by Gasteiger charge is -2.13. The maximum Gasteiger partial charge on any atom is 0.338 e. The number of hydrogen-bond donors (Lipinski definition) is 1. The van der Waals surface area contributed by atoms with Crippen molar-refractivity contribution in [2.24, 2.45) is 0 Å². The smallest absolute Gasteiger partial charge is 0.338 e. The Morgan fingerprint density at radius 3 is 2.63 bits per heavy atom. The largest absolute Gasteiger partial charge is 0.457 e. The van der Waals surface area contributed by atoms with Crippen LogP contribution in [-0.2, 0) is 11.3 Å². The van der Waals surface area contributed by atoms with Gasteiger partial charge in [0.1, 0.15) is 12.2 Å². The molecule has 0 bridgehead atoms. The SMILES string of the molecule is Cc1cc2oc(=O)cc(COC(=O)c3ccc(Cl)c(N)c3)c2cc1C(C)C. The second-order valence-corrected chi connectivity index (χ2v) is 7.17. The monoisotopic (exact) mass is 385 g/mol. The number of ether oxygens (including phenoxy) is 1. The number of fused-ring (bicyclic) bond motifs is 1. The molecule has 0 fully saturated rings. The molecule has 6 heteroatoms. The Morgan fingerprint density at radius 1 is 1.22 bits per heavy atom. The fraction of sp³-hybridized carbons (Fsp3) is 0.238. The molecule has 140 valence electrons. The van der Waals surface area contributed by atoms with Crippen molar-refractivity contribution >= 4 is 34.2 Å². The first kappa shape index (κ1) is 19.0. The topological polar surface area (TPSA) is 82.5 Å². The standard InChI is InChI=1S/C21H20ClNO4/c1-11(2)15-9-16-14(8-20(24)27-19(16)6-12(15)3)10-26-21(25)13-4-5-17(22)18(23)7-13/h4-9,11H,10,23H2,1-3H3. The van der Waals surface area contributed by atoms with E-state index in [2.05, 4.69) is 13.8 Å². The average molecular weight is 386 g/mol. The minimum atomic E-state index is -0.545. The first-order valence-electron chi connectivity index (χ1n) is 8.55. The summed E-state index contributed by atoms with van der Waals surface area (Å²) in [6.45, 7) is 6.12. The van der Waals surface area contributed by atoms with Gasteiger partial charge >= 0.3 is 11.6 Å². The van der Waals surface area contributed by atoms with Gasteiger partial charge in [-0.3, -0.25) is 0 Å². The van der Waals surface area contributed by atoms with Gasteiger partial charge in [-0.15, -0.1) is 0 Å². The summed E-state index contributed by atoms with van der Waals surface area (Å²) in [4.78, 5) is 24.2. The molecule has 0 spiro atoms. The Bertz CT molecular complexity index is 1090. The first-order valence-corrected chi connectivity index (χ1v) is 8.93. The van der Waals surface area contributed by atoms with Crippen LogP contribution >= 0.6 is 11.6 Å². The molecule has 0 saturated carbocycles. The van der Waals surface area contributed by atoms with Crippen LogP contribution in [0.4, 0.5) is 5.69 Å². The normalized spacial score (nSPS) is 11.1. The van der Waals surface area contributed by atoms with Gasteiger partial charge in [0.05, 0.1) is 16.3 Å². The maximum absolute atomic E-state index is 12.3. The van der Waals surface area contributed by atoms with Crippen LogP contribution in [0.15, 0.2) is 45.6 Å². The van der Waals surface area contributed by atoms with Crippen molar-refractivity contribution in [2.75, 3.05) is 5.73 Å². The number of carbonyl (C=O) groups excluding carboxylic acids is 1. The zero-order chi connectivity index (χ0) is 19.7. The van der Waals surface area contributed by atoms with Gasteiger partial charge in [0.2, 0.25) is 0 Å². The summed E-state index contributed by atoms with van der Waals surface area (Å²) in [6.07, 6.45) is 0. The van der Waals surface area contributed by atoms with E-state index in [0.29, 0.717) is 33.3 Å². The van der Waals surface area contributed by atoms with Crippen LogP contribution in [0.3, 0.4) is 0 Å². The zero-order valence-electron chi connectivity index (χ0n) is 15.3. The highest BCUT2D eigenvalue weighted by molar-refractivity contribution is 6.33. The molecule has 0 aliphatic carbocycles. The third-order valence-electron chi connectivity index (χ3n) is 4.43. The first-order chi connectivity index (χ1) is 12.8. The van der Waals surface area contributed by atoms with Gasteiger partial charge in [-0.05, 0) is 54.3 Å². The summed E-state index contributed by atoms with van der Waals surface area (Å²) < 4.78 is 10.7. The molecule has 2 N–H and O–H groups in total. The van der Waals surface area contributed by atoms with E-state index in [4.69, 9.17) is 26.5 Å². The second kappa shape index (κ2) is 7.45. The highest BCUT2D eigenvalue weighted by Gasteiger charge is 2.14. The molecular formula is C21H20ClNO4. The van der Waals surface area contributed by atoms with Gasteiger partial charge in [-0.2, -0.15) is 0 Å². The summed E-state index contributed by atoms with van der Waals surface area (Å²) in [6, 6.07) is 9.73. The van der Waals surface area contributed by atoms with E-state index in [0.717, 1.165) is 16.5 Å². The second-order valence-electron chi connectivity index (χ2n) is 6.76. The van der Waals surface area contributed by atoms with Gasteiger partial charge in [0.25, 0.3) is 0 Å². The number of esters is 1. The van der Waals surface area contributed by atoms with Gasteiger partial charge in [0, 0.05) is 17.0 Å². The summed E-state index contributed by atoms with van der Waals surface area (Å²) in [5, 5.41) is 1.13. The van der Waals surface area contributed by atoms with Crippen LogP contribution in [-0.4, -0.2) is 5.97 Å². The molecule has 3 rings (SSSR count). The molecule has 0 unspecified atom stereocenters. The third kappa shape index (κ3) is 3.98. The number of nitrogens with two attached hydrogens (primary N) is 1. The molecule has 0 aliphatic rings. The van der Waals surface area contributed by atoms with Gasteiger partial charge in [0.15, 0.2) is 0 Å². The Morgan fingerprint density at radius 2 is 1.96 bits per heavy atom. The van der Waals surface area contributed by atoms with E-state index in [1.807, 2.05) is 19.1 Å². The summed E-state index contributed by atoms with van der Waals surface area (Å²) in [7, 11) is 0. The molecular weight excluding hydrogens is 366 g/mol. The highest BCUT2D eigenvalue weighted by atomic mass is 35.5. The van der Waals surface area contributed by atoms with E-state index >= 15 is 0 Å². The summed E-state index contributed by atoms with van der Waals surface area (Å²) in [5.41, 5.74) is 9.10. The molecule has 0 radical (unpaired) electrons. The van der Waals surface area contributed by atoms with Gasteiger partial charge in [-0.25, -0.2) is 9.59 Å². The van der Waals surface area contributed by atoms with E-state index in [-0.39, 0.29) is 6.61 Å². The van der Waals surface area contributed by atoms with Crippen LogP contribution < -0.4 is 11.4 Å². The van der Waals surface area contributed by atoms with E-state index in [1.54, 1.807) is 6.07 Å². The van der Waals surface area contributed by atoms with Crippen LogP contribution in [0.1, 0.15) is 46.8 Å². The van der Waals surface area contributed by atoms with E-state index in [1.165, 1.54) is 18.2 Å². The molecule has 0 aliphatic heterocycles. The van der Waals surface area contributed by atoms with Crippen molar-refractivity contribution in [1.82, 2.24) is 0 Å². The van der Waals surface area contributed by atoms with E-state index < -0.39 is 11.6 Å². The lowest BCUT2D eigenvalue weighted by Crippen LogP contribution is -2.09. The molecule has 0 atom stereocenters. The predicted molar refractivity (Wildman–Crippen MR) is 106 cm³/mol. The zero-order valence-corrected chi connectivity index (χ0v) is 16.1. The quantitative estimate of drug-likeness (QED) is 0.395. The Kier molecular flexibility index (Phi) is 5.24. The molecule has 0 saturated heterocycles. The number of anilines is 1. The van der Waals surface area contributed by atoms with Crippen LogP contribution in [0.5, 0.6) is 0 Å². The number of hydrogen-bond acceptors (Lipinski definition) is 5. The molecule has 1 heterocycles. The molecule has 27 heavy (non-hydrogen) atoms. The summed E-state index contributed by atoms with van der Waals surface area (Å²) in [5.74, 6) is -0.232.